The van der Waals surface area contributed by atoms with E-state index in [1.165, 1.54) is 32.0 Å². The minimum atomic E-state index is -0.124. The lowest BCUT2D eigenvalue weighted by molar-refractivity contribution is 0.325. The molecule has 0 aliphatic carbocycles. The molecule has 0 aromatic heterocycles. The van der Waals surface area contributed by atoms with E-state index in [4.69, 9.17) is 0 Å². The molecule has 0 amide bonds. The number of rotatable bonds is 7. The van der Waals surface area contributed by atoms with Crippen molar-refractivity contribution < 1.29 is 4.39 Å². The molecule has 1 aliphatic rings. The Morgan fingerprint density at radius 3 is 3.11 bits per heavy atom. The average Bonchev–Trinajstić information content (AvgIpc) is 2.85. The quantitative estimate of drug-likeness (QED) is 0.762. The third-order valence-corrected chi connectivity index (χ3v) is 3.84. The molecule has 1 aromatic carbocycles. The third kappa shape index (κ3) is 4.92. The molecule has 2 rings (SSSR count). The SMILES string of the molecule is CCCNCC1CCN(CCc2cccc(F)c2)C1. The van der Waals surface area contributed by atoms with E-state index in [1.807, 2.05) is 6.07 Å². The lowest BCUT2D eigenvalue weighted by Crippen LogP contribution is -2.28. The Morgan fingerprint density at radius 2 is 2.32 bits per heavy atom. The molecule has 1 fully saturated rings. The zero-order valence-corrected chi connectivity index (χ0v) is 11.9. The van der Waals surface area contributed by atoms with E-state index in [0.29, 0.717) is 0 Å². The molecule has 1 aromatic rings. The van der Waals surface area contributed by atoms with Crippen LogP contribution in [0.4, 0.5) is 4.39 Å². The van der Waals surface area contributed by atoms with E-state index in [9.17, 15) is 4.39 Å². The number of likely N-dealkylation sites (tertiary alicyclic amines) is 1. The van der Waals surface area contributed by atoms with E-state index < -0.39 is 0 Å². The maximum Gasteiger partial charge on any atom is 0.123 e. The van der Waals surface area contributed by atoms with Gasteiger partial charge in [-0.15, -0.1) is 0 Å². The van der Waals surface area contributed by atoms with Gasteiger partial charge in [-0.2, -0.15) is 0 Å². The van der Waals surface area contributed by atoms with Gasteiger partial charge < -0.3 is 10.2 Å². The molecule has 2 nitrogen and oxygen atoms in total. The van der Waals surface area contributed by atoms with Crippen molar-refractivity contribution >= 4 is 0 Å². The summed E-state index contributed by atoms with van der Waals surface area (Å²) in [5.74, 6) is 0.666. The maximum absolute atomic E-state index is 13.1. The van der Waals surface area contributed by atoms with Crippen LogP contribution in [0.15, 0.2) is 24.3 Å². The van der Waals surface area contributed by atoms with Crippen LogP contribution < -0.4 is 5.32 Å². The number of nitrogens with one attached hydrogen (secondary N) is 1. The van der Waals surface area contributed by atoms with Crippen molar-refractivity contribution in [1.82, 2.24) is 10.2 Å². The van der Waals surface area contributed by atoms with E-state index >= 15 is 0 Å². The Morgan fingerprint density at radius 1 is 1.42 bits per heavy atom. The summed E-state index contributed by atoms with van der Waals surface area (Å²) in [6, 6.07) is 6.97. The van der Waals surface area contributed by atoms with Gasteiger partial charge in [0.25, 0.3) is 0 Å². The van der Waals surface area contributed by atoms with Crippen LogP contribution in [0.3, 0.4) is 0 Å². The molecule has 1 heterocycles. The molecule has 19 heavy (non-hydrogen) atoms. The highest BCUT2D eigenvalue weighted by atomic mass is 19.1. The molecular weight excluding hydrogens is 239 g/mol. The second kappa shape index (κ2) is 7.61. The second-order valence-corrected chi connectivity index (χ2v) is 5.54. The zero-order chi connectivity index (χ0) is 13.5. The van der Waals surface area contributed by atoms with Crippen LogP contribution in [-0.2, 0) is 6.42 Å². The fourth-order valence-corrected chi connectivity index (χ4v) is 2.75. The topological polar surface area (TPSA) is 15.3 Å². The van der Waals surface area contributed by atoms with Crippen LogP contribution in [0.5, 0.6) is 0 Å². The molecular formula is C16H25FN2. The molecule has 0 saturated carbocycles. The lowest BCUT2D eigenvalue weighted by Gasteiger charge is -2.16. The summed E-state index contributed by atoms with van der Waals surface area (Å²) in [7, 11) is 0. The summed E-state index contributed by atoms with van der Waals surface area (Å²) < 4.78 is 13.1. The minimum Gasteiger partial charge on any atom is -0.316 e. The summed E-state index contributed by atoms with van der Waals surface area (Å²) >= 11 is 0. The monoisotopic (exact) mass is 264 g/mol. The Labute approximate surface area is 116 Å². The highest BCUT2D eigenvalue weighted by Crippen LogP contribution is 2.16. The van der Waals surface area contributed by atoms with Gasteiger partial charge in [0.15, 0.2) is 0 Å². The van der Waals surface area contributed by atoms with Crippen molar-refractivity contribution in [3.8, 4) is 0 Å². The van der Waals surface area contributed by atoms with E-state index in [2.05, 4.69) is 17.1 Å². The minimum absolute atomic E-state index is 0.124. The highest BCUT2D eigenvalue weighted by Gasteiger charge is 2.21. The molecule has 0 spiro atoms. The molecule has 1 aliphatic heterocycles. The predicted octanol–water partition coefficient (Wildman–Crippen LogP) is 2.69. The van der Waals surface area contributed by atoms with Crippen LogP contribution in [0.2, 0.25) is 0 Å². The molecule has 3 heteroatoms. The Hall–Kier alpha value is -0.930. The van der Waals surface area contributed by atoms with Gasteiger partial charge in [0.05, 0.1) is 0 Å². The van der Waals surface area contributed by atoms with Crippen molar-refractivity contribution in [3.05, 3.63) is 35.6 Å². The van der Waals surface area contributed by atoms with Crippen molar-refractivity contribution in [3.63, 3.8) is 0 Å². The average molecular weight is 264 g/mol. The summed E-state index contributed by atoms with van der Waals surface area (Å²) in [6.45, 7) is 7.89. The highest BCUT2D eigenvalue weighted by molar-refractivity contribution is 5.16. The Balaban J connectivity index is 1.67. The maximum atomic E-state index is 13.1. The largest absolute Gasteiger partial charge is 0.316 e. The van der Waals surface area contributed by atoms with Gasteiger partial charge in [-0.1, -0.05) is 19.1 Å². The molecule has 0 radical (unpaired) electrons. The number of nitrogens with zero attached hydrogens (tertiary/aromatic N) is 1. The summed E-state index contributed by atoms with van der Waals surface area (Å²) in [5.41, 5.74) is 1.10. The molecule has 106 valence electrons. The first kappa shape index (κ1) is 14.5. The molecule has 0 bridgehead atoms. The fraction of sp³-hybridized carbons (Fsp3) is 0.625. The Kier molecular flexibility index (Phi) is 5.80. The number of benzene rings is 1. The standard InChI is InChI=1S/C16H25FN2/c1-2-8-18-12-15-7-10-19(13-15)9-6-14-4-3-5-16(17)11-14/h3-5,11,15,18H,2,6-10,12-13H2,1H3. The summed E-state index contributed by atoms with van der Waals surface area (Å²) in [6.07, 6.45) is 3.45. The summed E-state index contributed by atoms with van der Waals surface area (Å²) in [5, 5.41) is 3.50. The van der Waals surface area contributed by atoms with Gasteiger partial charge in [0, 0.05) is 13.1 Å². The van der Waals surface area contributed by atoms with Gasteiger partial charge in [0.2, 0.25) is 0 Å². The van der Waals surface area contributed by atoms with Gasteiger partial charge >= 0.3 is 0 Å². The third-order valence-electron chi connectivity index (χ3n) is 3.84. The lowest BCUT2D eigenvalue weighted by atomic mass is 10.1. The number of halogens is 1. The normalized spacial score (nSPS) is 20.0. The van der Waals surface area contributed by atoms with Crippen LogP contribution in [0.25, 0.3) is 0 Å². The molecule has 1 N–H and O–H groups in total. The predicted molar refractivity (Wildman–Crippen MR) is 77.8 cm³/mol. The van der Waals surface area contributed by atoms with Crippen LogP contribution in [-0.4, -0.2) is 37.6 Å². The zero-order valence-electron chi connectivity index (χ0n) is 11.9. The van der Waals surface area contributed by atoms with E-state index in [1.54, 1.807) is 12.1 Å². The molecule has 1 saturated heterocycles. The number of hydrogen-bond donors (Lipinski definition) is 1. The van der Waals surface area contributed by atoms with Gasteiger partial charge in [-0.25, -0.2) is 4.39 Å². The van der Waals surface area contributed by atoms with Gasteiger partial charge in [0.1, 0.15) is 5.82 Å². The Bertz CT molecular complexity index is 381. The van der Waals surface area contributed by atoms with E-state index in [-0.39, 0.29) is 5.82 Å². The van der Waals surface area contributed by atoms with Crippen molar-refractivity contribution in [2.45, 2.75) is 26.2 Å². The smallest absolute Gasteiger partial charge is 0.123 e. The first-order valence-corrected chi connectivity index (χ1v) is 7.45. The second-order valence-electron chi connectivity index (χ2n) is 5.54. The van der Waals surface area contributed by atoms with Crippen LogP contribution in [0, 0.1) is 11.7 Å². The van der Waals surface area contributed by atoms with Crippen LogP contribution >= 0.6 is 0 Å². The first-order chi connectivity index (χ1) is 9.28. The molecule has 1 unspecified atom stereocenters. The fourth-order valence-electron chi connectivity index (χ4n) is 2.75. The van der Waals surface area contributed by atoms with Gasteiger partial charge in [-0.3, -0.25) is 0 Å². The van der Waals surface area contributed by atoms with Crippen molar-refractivity contribution in [2.24, 2.45) is 5.92 Å². The first-order valence-electron chi connectivity index (χ1n) is 7.45. The van der Waals surface area contributed by atoms with Crippen molar-refractivity contribution in [1.29, 1.82) is 0 Å². The van der Waals surface area contributed by atoms with Crippen LogP contribution in [0.1, 0.15) is 25.3 Å². The summed E-state index contributed by atoms with van der Waals surface area (Å²) in [4.78, 5) is 2.50. The van der Waals surface area contributed by atoms with E-state index in [0.717, 1.165) is 37.5 Å². The van der Waals surface area contributed by atoms with Gasteiger partial charge in [-0.05, 0) is 62.5 Å². The number of hydrogen-bond acceptors (Lipinski definition) is 2. The molecule has 1 atom stereocenters. The van der Waals surface area contributed by atoms with Crippen molar-refractivity contribution in [2.75, 3.05) is 32.7 Å².